The fourth-order valence-corrected chi connectivity index (χ4v) is 2.20. The number of benzene rings is 1. The van der Waals surface area contributed by atoms with Crippen molar-refractivity contribution in [2.45, 2.75) is 12.8 Å². The lowest BCUT2D eigenvalue weighted by molar-refractivity contribution is -0.126. The third-order valence-electron chi connectivity index (χ3n) is 3.63. The van der Waals surface area contributed by atoms with E-state index in [4.69, 9.17) is 0 Å². The number of hydrogen-bond donors (Lipinski definition) is 3. The second-order valence-corrected chi connectivity index (χ2v) is 5.72. The lowest BCUT2D eigenvalue weighted by Gasteiger charge is -2.08. The first kappa shape index (κ1) is 20.0. The van der Waals surface area contributed by atoms with Crippen LogP contribution in [0.25, 0.3) is 0 Å². The molecular weight excluding hydrogens is 351 g/mol. The average Bonchev–Trinajstić information content (AvgIpc) is 2.69. The van der Waals surface area contributed by atoms with E-state index >= 15 is 0 Å². The van der Waals surface area contributed by atoms with Crippen molar-refractivity contribution in [3.8, 4) is 0 Å². The van der Waals surface area contributed by atoms with E-state index in [0.29, 0.717) is 12.1 Å². The quantitative estimate of drug-likeness (QED) is 0.567. The summed E-state index contributed by atoms with van der Waals surface area (Å²) >= 11 is 0. The highest BCUT2D eigenvalue weighted by atomic mass is 19.1. The van der Waals surface area contributed by atoms with Crippen LogP contribution in [0.2, 0.25) is 0 Å². The van der Waals surface area contributed by atoms with Crippen LogP contribution in [0.5, 0.6) is 0 Å². The highest BCUT2D eigenvalue weighted by molar-refractivity contribution is 5.92. The van der Waals surface area contributed by atoms with Crippen molar-refractivity contribution in [3.63, 3.8) is 0 Å². The number of rotatable bonds is 9. The van der Waals surface area contributed by atoms with Gasteiger partial charge in [0.2, 0.25) is 11.8 Å². The number of nitrogens with zero attached hydrogens (tertiary/aromatic N) is 1. The van der Waals surface area contributed by atoms with E-state index < -0.39 is 0 Å². The van der Waals surface area contributed by atoms with Gasteiger partial charge in [-0.15, -0.1) is 0 Å². The standard InChI is InChI=1S/C19H21FN4O3/c20-15-7-4-14(5-8-15)6-9-17(25)24-13-18(26)22-11-12-23-19(27)16-3-1-2-10-21-16/h1-5,7-8,10H,6,9,11-13H2,(H,22,26)(H,23,27)(H,24,25). The molecule has 0 saturated carbocycles. The smallest absolute Gasteiger partial charge is 0.269 e. The van der Waals surface area contributed by atoms with Crippen molar-refractivity contribution in [1.29, 1.82) is 0 Å². The van der Waals surface area contributed by atoms with E-state index in [1.165, 1.54) is 18.3 Å². The number of halogens is 1. The molecule has 0 aliphatic heterocycles. The minimum Gasteiger partial charge on any atom is -0.353 e. The Hall–Kier alpha value is -3.29. The zero-order valence-corrected chi connectivity index (χ0v) is 14.7. The molecule has 7 nitrogen and oxygen atoms in total. The van der Waals surface area contributed by atoms with Crippen LogP contribution in [0.1, 0.15) is 22.5 Å². The lowest BCUT2D eigenvalue weighted by atomic mass is 10.1. The van der Waals surface area contributed by atoms with E-state index in [9.17, 15) is 18.8 Å². The van der Waals surface area contributed by atoms with Gasteiger partial charge in [-0.25, -0.2) is 4.39 Å². The SMILES string of the molecule is O=C(CCc1ccc(F)cc1)NCC(=O)NCCNC(=O)c1ccccn1. The van der Waals surface area contributed by atoms with E-state index in [1.54, 1.807) is 30.3 Å². The zero-order chi connectivity index (χ0) is 19.5. The molecule has 8 heteroatoms. The molecular formula is C19H21FN4O3. The average molecular weight is 372 g/mol. The first-order chi connectivity index (χ1) is 13.0. The number of amides is 3. The fourth-order valence-electron chi connectivity index (χ4n) is 2.20. The molecule has 0 radical (unpaired) electrons. The van der Waals surface area contributed by atoms with Crippen LogP contribution in [0.3, 0.4) is 0 Å². The number of carbonyl (C=O) groups excluding carboxylic acids is 3. The molecule has 0 bridgehead atoms. The van der Waals surface area contributed by atoms with Crippen molar-refractivity contribution < 1.29 is 18.8 Å². The van der Waals surface area contributed by atoms with E-state index in [1.807, 2.05) is 0 Å². The molecule has 1 heterocycles. The molecule has 3 N–H and O–H groups in total. The fraction of sp³-hybridized carbons (Fsp3) is 0.263. The Morgan fingerprint density at radius 3 is 2.33 bits per heavy atom. The molecule has 0 fully saturated rings. The molecule has 1 aromatic heterocycles. The molecule has 2 aromatic rings. The Balaban J connectivity index is 1.55. The highest BCUT2D eigenvalue weighted by Gasteiger charge is 2.07. The molecule has 0 saturated heterocycles. The second-order valence-electron chi connectivity index (χ2n) is 5.72. The molecule has 0 atom stereocenters. The van der Waals surface area contributed by atoms with Gasteiger partial charge in [0.1, 0.15) is 11.5 Å². The van der Waals surface area contributed by atoms with Gasteiger partial charge < -0.3 is 16.0 Å². The number of hydrogen-bond acceptors (Lipinski definition) is 4. The van der Waals surface area contributed by atoms with Crippen molar-refractivity contribution in [2.75, 3.05) is 19.6 Å². The predicted molar refractivity (Wildman–Crippen MR) is 97.3 cm³/mol. The molecule has 27 heavy (non-hydrogen) atoms. The van der Waals surface area contributed by atoms with Gasteiger partial charge in [0.25, 0.3) is 5.91 Å². The maximum atomic E-state index is 12.8. The molecule has 142 valence electrons. The third kappa shape index (κ3) is 7.64. The summed E-state index contributed by atoms with van der Waals surface area (Å²) in [6.45, 7) is 0.346. The third-order valence-corrected chi connectivity index (χ3v) is 3.63. The topological polar surface area (TPSA) is 100 Å². The monoisotopic (exact) mass is 372 g/mol. The molecule has 2 rings (SSSR count). The summed E-state index contributed by atoms with van der Waals surface area (Å²) in [7, 11) is 0. The zero-order valence-electron chi connectivity index (χ0n) is 14.7. The number of aryl methyl sites for hydroxylation is 1. The molecule has 0 unspecified atom stereocenters. The molecule has 0 aliphatic rings. The minimum absolute atomic E-state index is 0.142. The van der Waals surface area contributed by atoms with Crippen molar-refractivity contribution >= 4 is 17.7 Å². The summed E-state index contributed by atoms with van der Waals surface area (Å²) in [5.41, 5.74) is 1.15. The van der Waals surface area contributed by atoms with Gasteiger partial charge in [-0.05, 0) is 36.2 Å². The number of pyridine rings is 1. The number of aromatic nitrogens is 1. The van der Waals surface area contributed by atoms with Crippen LogP contribution in [0.15, 0.2) is 48.7 Å². The van der Waals surface area contributed by atoms with Gasteiger partial charge in [-0.1, -0.05) is 18.2 Å². The summed E-state index contributed by atoms with van der Waals surface area (Å²) < 4.78 is 12.8. The number of carbonyl (C=O) groups is 3. The number of nitrogens with one attached hydrogen (secondary N) is 3. The van der Waals surface area contributed by atoms with Gasteiger partial charge in [0.15, 0.2) is 0 Å². The highest BCUT2D eigenvalue weighted by Crippen LogP contribution is 2.05. The van der Waals surface area contributed by atoms with Crippen molar-refractivity contribution in [1.82, 2.24) is 20.9 Å². The summed E-state index contributed by atoms with van der Waals surface area (Å²) in [4.78, 5) is 39.1. The van der Waals surface area contributed by atoms with Crippen LogP contribution >= 0.6 is 0 Å². The largest absolute Gasteiger partial charge is 0.353 e. The van der Waals surface area contributed by atoms with E-state index in [2.05, 4.69) is 20.9 Å². The van der Waals surface area contributed by atoms with E-state index in [-0.39, 0.29) is 49.6 Å². The van der Waals surface area contributed by atoms with Gasteiger partial charge in [-0.2, -0.15) is 0 Å². The van der Waals surface area contributed by atoms with Crippen LogP contribution in [0.4, 0.5) is 4.39 Å². The summed E-state index contributed by atoms with van der Waals surface area (Å²) in [6.07, 6.45) is 2.20. The Morgan fingerprint density at radius 2 is 1.63 bits per heavy atom. The maximum Gasteiger partial charge on any atom is 0.269 e. The summed E-state index contributed by atoms with van der Waals surface area (Å²) in [5, 5.41) is 7.74. The lowest BCUT2D eigenvalue weighted by Crippen LogP contribution is -2.40. The first-order valence-electron chi connectivity index (χ1n) is 8.51. The van der Waals surface area contributed by atoms with Gasteiger partial charge in [0.05, 0.1) is 6.54 Å². The van der Waals surface area contributed by atoms with Crippen LogP contribution in [-0.2, 0) is 16.0 Å². The Labute approximate surface area is 156 Å². The van der Waals surface area contributed by atoms with Gasteiger partial charge in [0, 0.05) is 25.7 Å². The van der Waals surface area contributed by atoms with Crippen LogP contribution in [-0.4, -0.2) is 42.3 Å². The molecule has 0 spiro atoms. The Bertz CT molecular complexity index is 766. The van der Waals surface area contributed by atoms with Crippen LogP contribution < -0.4 is 16.0 Å². The predicted octanol–water partition coefficient (Wildman–Crippen LogP) is 0.816. The Kier molecular flexibility index (Phi) is 7.90. The van der Waals surface area contributed by atoms with Crippen LogP contribution in [0, 0.1) is 5.82 Å². The van der Waals surface area contributed by atoms with Crippen molar-refractivity contribution in [2.24, 2.45) is 0 Å². The molecule has 1 aromatic carbocycles. The minimum atomic E-state index is -0.350. The second kappa shape index (κ2) is 10.6. The normalized spacial score (nSPS) is 10.1. The maximum absolute atomic E-state index is 12.8. The summed E-state index contributed by atoms with van der Waals surface area (Å²) in [6, 6.07) is 10.9. The Morgan fingerprint density at radius 1 is 0.889 bits per heavy atom. The van der Waals surface area contributed by atoms with Gasteiger partial charge in [-0.3, -0.25) is 19.4 Å². The summed E-state index contributed by atoms with van der Waals surface area (Å²) in [5.74, 6) is -1.26. The van der Waals surface area contributed by atoms with Crippen molar-refractivity contribution in [3.05, 3.63) is 65.7 Å². The molecule has 3 amide bonds. The van der Waals surface area contributed by atoms with Gasteiger partial charge >= 0.3 is 0 Å². The first-order valence-corrected chi connectivity index (χ1v) is 8.51. The van der Waals surface area contributed by atoms with E-state index in [0.717, 1.165) is 5.56 Å². The molecule has 0 aliphatic carbocycles.